The molecule has 1 aromatic heterocycles. The van der Waals surface area contributed by atoms with Crippen LogP contribution in [0.2, 0.25) is 0 Å². The number of hydrogen-bond acceptors (Lipinski definition) is 3. The maximum Gasteiger partial charge on any atom is 0.193 e. The maximum atomic E-state index is 5.73. The van der Waals surface area contributed by atoms with Gasteiger partial charge in [-0.25, -0.2) is 0 Å². The lowest BCUT2D eigenvalue weighted by Crippen LogP contribution is -2.47. The summed E-state index contributed by atoms with van der Waals surface area (Å²) in [6, 6.07) is 4.31. The van der Waals surface area contributed by atoms with Gasteiger partial charge in [-0.05, 0) is 38.1 Å². The molecule has 0 aliphatic carbocycles. The summed E-state index contributed by atoms with van der Waals surface area (Å²) in [6.07, 6.45) is 2.62. The Kier molecular flexibility index (Phi) is 7.19. The molecule has 124 valence electrons. The molecule has 0 amide bonds. The molecular weight excluding hydrogens is 294 g/mol. The molecule has 22 heavy (non-hydrogen) atoms. The number of nitrogens with zero attached hydrogens (tertiary/aromatic N) is 2. The molecule has 1 fully saturated rings. The zero-order chi connectivity index (χ0) is 15.8. The number of aliphatic imine (C=N–C) groups is 1. The minimum absolute atomic E-state index is 0.425. The van der Waals surface area contributed by atoms with Crippen LogP contribution in [0.3, 0.4) is 0 Å². The minimum Gasteiger partial charge on any atom is -0.378 e. The van der Waals surface area contributed by atoms with Gasteiger partial charge in [0.25, 0.3) is 0 Å². The van der Waals surface area contributed by atoms with E-state index in [9.17, 15) is 0 Å². The van der Waals surface area contributed by atoms with Crippen molar-refractivity contribution >= 4 is 17.3 Å². The number of hydrogen-bond donors (Lipinski definition) is 1. The van der Waals surface area contributed by atoms with Crippen molar-refractivity contribution in [1.82, 2.24) is 10.2 Å². The predicted molar refractivity (Wildman–Crippen MR) is 94.9 cm³/mol. The van der Waals surface area contributed by atoms with Crippen molar-refractivity contribution in [2.45, 2.75) is 45.6 Å². The van der Waals surface area contributed by atoms with E-state index in [2.05, 4.69) is 48.5 Å². The Labute approximate surface area is 138 Å². The molecule has 0 aromatic carbocycles. The van der Waals surface area contributed by atoms with Gasteiger partial charge in [0.15, 0.2) is 5.96 Å². The Morgan fingerprint density at radius 1 is 1.45 bits per heavy atom. The second kappa shape index (κ2) is 9.16. The lowest BCUT2D eigenvalue weighted by Gasteiger charge is -2.34. The first-order valence-corrected chi connectivity index (χ1v) is 9.30. The van der Waals surface area contributed by atoms with Crippen molar-refractivity contribution in [2.75, 3.05) is 32.8 Å². The van der Waals surface area contributed by atoms with Gasteiger partial charge in [0, 0.05) is 37.0 Å². The van der Waals surface area contributed by atoms with Crippen LogP contribution in [0.1, 0.15) is 44.4 Å². The summed E-state index contributed by atoms with van der Waals surface area (Å²) in [5, 5.41) is 5.58. The lowest BCUT2D eigenvalue weighted by atomic mass is 10.1. The van der Waals surface area contributed by atoms with Crippen molar-refractivity contribution < 1.29 is 4.74 Å². The molecule has 5 heteroatoms. The Balaban J connectivity index is 1.90. The third kappa shape index (κ3) is 4.99. The molecule has 1 atom stereocenters. The van der Waals surface area contributed by atoms with E-state index in [0.717, 1.165) is 51.6 Å². The normalized spacial score (nSPS) is 18.5. The topological polar surface area (TPSA) is 36.9 Å². The third-order valence-electron chi connectivity index (χ3n) is 4.02. The van der Waals surface area contributed by atoms with Gasteiger partial charge in [-0.2, -0.15) is 0 Å². The molecule has 1 N–H and O–H groups in total. The highest BCUT2D eigenvalue weighted by atomic mass is 32.1. The molecule has 4 nitrogen and oxygen atoms in total. The van der Waals surface area contributed by atoms with Gasteiger partial charge in [0.2, 0.25) is 0 Å². The summed E-state index contributed by atoms with van der Waals surface area (Å²) < 4.78 is 5.73. The number of nitrogens with one attached hydrogen (secondary N) is 1. The van der Waals surface area contributed by atoms with Gasteiger partial charge >= 0.3 is 0 Å². The zero-order valence-corrected chi connectivity index (χ0v) is 14.9. The van der Waals surface area contributed by atoms with E-state index in [0.29, 0.717) is 12.0 Å². The van der Waals surface area contributed by atoms with Crippen LogP contribution in [-0.2, 0) is 4.74 Å². The standard InChI is InChI=1S/C17H29N3OS/c1-4-18-17(19-13-14(3)16-7-6-12-22-16)20-10-8-15(9-11-20)21-5-2/h6-7,12,14-15H,4-5,8-11,13H2,1-3H3,(H,18,19). The Bertz CT molecular complexity index is 439. The first kappa shape index (κ1) is 17.3. The summed E-state index contributed by atoms with van der Waals surface area (Å²) in [6.45, 7) is 11.1. The fourth-order valence-corrected chi connectivity index (χ4v) is 3.56. The minimum atomic E-state index is 0.425. The number of ether oxygens (including phenoxy) is 1. The van der Waals surface area contributed by atoms with E-state index in [-0.39, 0.29) is 0 Å². The summed E-state index contributed by atoms with van der Waals surface area (Å²) in [4.78, 5) is 8.65. The molecule has 1 aromatic rings. The quantitative estimate of drug-likeness (QED) is 0.644. The van der Waals surface area contributed by atoms with Crippen LogP contribution >= 0.6 is 11.3 Å². The van der Waals surface area contributed by atoms with Crippen LogP contribution in [0.25, 0.3) is 0 Å². The highest BCUT2D eigenvalue weighted by Crippen LogP contribution is 2.21. The average molecular weight is 324 g/mol. The van der Waals surface area contributed by atoms with Crippen LogP contribution in [0.4, 0.5) is 0 Å². The molecule has 0 radical (unpaired) electrons. The van der Waals surface area contributed by atoms with Crippen molar-refractivity contribution in [3.8, 4) is 0 Å². The fraction of sp³-hybridized carbons (Fsp3) is 0.706. The molecule has 1 aliphatic rings. The van der Waals surface area contributed by atoms with E-state index in [4.69, 9.17) is 9.73 Å². The SMILES string of the molecule is CCNC(=NCC(C)c1cccs1)N1CCC(OCC)CC1. The van der Waals surface area contributed by atoms with Crippen LogP contribution in [0, 0.1) is 0 Å². The molecule has 2 heterocycles. The Morgan fingerprint density at radius 2 is 2.23 bits per heavy atom. The van der Waals surface area contributed by atoms with E-state index in [1.807, 2.05) is 11.3 Å². The number of likely N-dealkylation sites (tertiary alicyclic amines) is 1. The molecule has 0 saturated carbocycles. The van der Waals surface area contributed by atoms with Crippen molar-refractivity contribution in [3.63, 3.8) is 0 Å². The van der Waals surface area contributed by atoms with E-state index in [1.165, 1.54) is 4.88 Å². The third-order valence-corrected chi connectivity index (χ3v) is 5.13. The van der Waals surface area contributed by atoms with Gasteiger partial charge in [-0.1, -0.05) is 13.0 Å². The second-order valence-electron chi connectivity index (χ2n) is 5.75. The number of thiophene rings is 1. The number of rotatable bonds is 6. The van der Waals surface area contributed by atoms with E-state index in [1.54, 1.807) is 0 Å². The number of piperidine rings is 1. The number of guanidine groups is 1. The van der Waals surface area contributed by atoms with Crippen molar-refractivity contribution in [2.24, 2.45) is 4.99 Å². The zero-order valence-electron chi connectivity index (χ0n) is 14.0. The van der Waals surface area contributed by atoms with Crippen LogP contribution < -0.4 is 5.32 Å². The maximum absolute atomic E-state index is 5.73. The van der Waals surface area contributed by atoms with Crippen molar-refractivity contribution in [1.29, 1.82) is 0 Å². The molecule has 1 saturated heterocycles. The molecule has 1 unspecified atom stereocenters. The van der Waals surface area contributed by atoms with Gasteiger partial charge in [0.1, 0.15) is 0 Å². The average Bonchev–Trinajstić information content (AvgIpc) is 3.07. The van der Waals surface area contributed by atoms with Crippen LogP contribution in [0.5, 0.6) is 0 Å². The molecule has 2 rings (SSSR count). The summed E-state index contributed by atoms with van der Waals surface area (Å²) >= 11 is 1.82. The van der Waals surface area contributed by atoms with Gasteiger partial charge in [-0.15, -0.1) is 11.3 Å². The van der Waals surface area contributed by atoms with Gasteiger partial charge in [-0.3, -0.25) is 4.99 Å². The molecule has 1 aliphatic heterocycles. The van der Waals surface area contributed by atoms with Crippen molar-refractivity contribution in [3.05, 3.63) is 22.4 Å². The molecule has 0 bridgehead atoms. The second-order valence-corrected chi connectivity index (χ2v) is 6.73. The van der Waals surface area contributed by atoms with Gasteiger partial charge < -0.3 is 15.0 Å². The first-order valence-electron chi connectivity index (χ1n) is 8.42. The largest absolute Gasteiger partial charge is 0.378 e. The summed E-state index contributed by atoms with van der Waals surface area (Å²) in [5.74, 6) is 1.54. The molecule has 0 spiro atoms. The fourth-order valence-electron chi connectivity index (χ4n) is 2.78. The predicted octanol–water partition coefficient (Wildman–Crippen LogP) is 3.32. The summed E-state index contributed by atoms with van der Waals surface area (Å²) in [7, 11) is 0. The van der Waals surface area contributed by atoms with Crippen LogP contribution in [0.15, 0.2) is 22.5 Å². The summed E-state index contributed by atoms with van der Waals surface area (Å²) in [5.41, 5.74) is 0. The Hall–Kier alpha value is -1.07. The van der Waals surface area contributed by atoms with E-state index >= 15 is 0 Å². The van der Waals surface area contributed by atoms with E-state index < -0.39 is 0 Å². The highest BCUT2D eigenvalue weighted by Gasteiger charge is 2.21. The Morgan fingerprint density at radius 3 is 2.82 bits per heavy atom. The monoisotopic (exact) mass is 323 g/mol. The van der Waals surface area contributed by atoms with Gasteiger partial charge in [0.05, 0.1) is 12.6 Å². The molecular formula is C17H29N3OS. The smallest absolute Gasteiger partial charge is 0.193 e. The highest BCUT2D eigenvalue weighted by molar-refractivity contribution is 7.10. The lowest BCUT2D eigenvalue weighted by molar-refractivity contribution is 0.0264. The first-order chi connectivity index (χ1) is 10.7. The van der Waals surface area contributed by atoms with Crippen LogP contribution in [-0.4, -0.2) is 49.7 Å².